The quantitative estimate of drug-likeness (QED) is 0.638. The fourth-order valence-electron chi connectivity index (χ4n) is 4.71. The number of piperidine rings is 1. The lowest BCUT2D eigenvalue weighted by molar-refractivity contribution is -0.276. The van der Waals surface area contributed by atoms with Crippen molar-refractivity contribution in [1.29, 1.82) is 0 Å². The minimum absolute atomic E-state index is 0.0120. The lowest BCUT2D eigenvalue weighted by Crippen LogP contribution is -2.57. The molecule has 0 bridgehead atoms. The van der Waals surface area contributed by atoms with Crippen molar-refractivity contribution in [2.75, 3.05) is 24.4 Å². The van der Waals surface area contributed by atoms with Gasteiger partial charge in [0.25, 0.3) is 5.88 Å². The second kappa shape index (κ2) is 8.50. The van der Waals surface area contributed by atoms with E-state index in [1.165, 1.54) is 33.9 Å². The molecule has 2 aromatic rings. The zero-order valence-electron chi connectivity index (χ0n) is 18.3. The largest absolute Gasteiger partial charge is 0.574 e. The van der Waals surface area contributed by atoms with Crippen LogP contribution in [0.4, 0.5) is 23.2 Å². The number of aromatic nitrogens is 2. The first-order chi connectivity index (χ1) is 15.8. The van der Waals surface area contributed by atoms with Crippen LogP contribution in [0.15, 0.2) is 30.5 Å². The average molecular weight is 505 g/mol. The van der Waals surface area contributed by atoms with Crippen LogP contribution in [0, 0.1) is 5.82 Å². The summed E-state index contributed by atoms with van der Waals surface area (Å²) < 4.78 is 84.1. The molecule has 0 aliphatic carbocycles. The topological polar surface area (TPSA) is 99.1 Å². The monoisotopic (exact) mass is 505 g/mol. The summed E-state index contributed by atoms with van der Waals surface area (Å²) in [6.07, 6.45) is -3.41. The molecule has 3 heterocycles. The second-order valence-electron chi connectivity index (χ2n) is 8.53. The molecule has 0 radical (unpaired) electrons. The van der Waals surface area contributed by atoms with E-state index in [1.54, 1.807) is 6.07 Å². The van der Waals surface area contributed by atoms with Crippen molar-refractivity contribution < 1.29 is 35.8 Å². The molecule has 34 heavy (non-hydrogen) atoms. The van der Waals surface area contributed by atoms with E-state index < -0.39 is 39.6 Å². The summed E-state index contributed by atoms with van der Waals surface area (Å²) in [6, 6.07) is 5.21. The summed E-state index contributed by atoms with van der Waals surface area (Å²) in [7, 11) is -2.39. The second-order valence-corrected chi connectivity index (χ2v) is 10.4. The smallest absolute Gasteiger partial charge is 0.502 e. The van der Waals surface area contributed by atoms with Crippen molar-refractivity contribution >= 4 is 15.9 Å². The zero-order valence-corrected chi connectivity index (χ0v) is 19.1. The number of aromatic hydroxyl groups is 1. The number of nitrogens with zero attached hydrogens (tertiary/aromatic N) is 5. The molecule has 14 heteroatoms. The summed E-state index contributed by atoms with van der Waals surface area (Å²) in [6.45, 7) is 2.52. The number of alkyl halides is 3. The van der Waals surface area contributed by atoms with Crippen LogP contribution in [0.1, 0.15) is 25.6 Å². The summed E-state index contributed by atoms with van der Waals surface area (Å²) in [5.74, 6) is -2.36. The zero-order chi connectivity index (χ0) is 24.9. The summed E-state index contributed by atoms with van der Waals surface area (Å²) in [5.41, 5.74) is -0.585. The van der Waals surface area contributed by atoms with Crippen LogP contribution in [0.3, 0.4) is 0 Å². The van der Waals surface area contributed by atoms with Crippen molar-refractivity contribution in [2.45, 2.75) is 44.3 Å². The SMILES string of the molecule is C[C@H]1C[C@]2(CCN1Cc1ncc(O)c(OC(F)(F)F)n1)CN(C)S(=O)(=O)N2c1cccc(F)c1. The standard InChI is InChI=1S/C20H23F4N5O4S/c1-13-9-19(12-27(2)34(31,32)29(19)15-5-3-4-14(21)8-15)6-7-28(13)11-17-25-10-16(30)18(26-17)33-20(22,23)24/h3-5,8,10,13,30H,6-7,9,11-12H2,1-2H3/t13-,19+/m0/s1. The van der Waals surface area contributed by atoms with Gasteiger partial charge in [-0.3, -0.25) is 9.21 Å². The summed E-state index contributed by atoms with van der Waals surface area (Å²) in [4.78, 5) is 9.48. The third kappa shape index (κ3) is 4.61. The van der Waals surface area contributed by atoms with Gasteiger partial charge in [-0.05, 0) is 38.0 Å². The number of benzene rings is 1. The highest BCUT2D eigenvalue weighted by Gasteiger charge is 2.55. The van der Waals surface area contributed by atoms with Gasteiger partial charge in [-0.1, -0.05) is 6.07 Å². The van der Waals surface area contributed by atoms with Gasteiger partial charge in [0.05, 0.1) is 24.0 Å². The van der Waals surface area contributed by atoms with E-state index in [4.69, 9.17) is 0 Å². The van der Waals surface area contributed by atoms with Crippen LogP contribution < -0.4 is 9.04 Å². The Bertz CT molecular complexity index is 1180. The summed E-state index contributed by atoms with van der Waals surface area (Å²) >= 11 is 0. The first-order valence-electron chi connectivity index (χ1n) is 10.4. The Balaban J connectivity index is 1.56. The van der Waals surface area contributed by atoms with Crippen LogP contribution in [-0.4, -0.2) is 70.8 Å². The number of hydrogen-bond acceptors (Lipinski definition) is 7. The van der Waals surface area contributed by atoms with Gasteiger partial charge in [-0.25, -0.2) is 9.37 Å². The highest BCUT2D eigenvalue weighted by Crippen LogP contribution is 2.44. The van der Waals surface area contributed by atoms with Crippen molar-refractivity contribution in [1.82, 2.24) is 19.2 Å². The molecule has 1 spiro atoms. The summed E-state index contributed by atoms with van der Waals surface area (Å²) in [5, 5.41) is 9.57. The molecule has 2 atom stereocenters. The van der Waals surface area contributed by atoms with Crippen molar-refractivity contribution in [3.8, 4) is 11.6 Å². The maximum Gasteiger partial charge on any atom is 0.574 e. The molecule has 0 unspecified atom stereocenters. The van der Waals surface area contributed by atoms with E-state index in [2.05, 4.69) is 14.7 Å². The number of hydrogen-bond donors (Lipinski definition) is 1. The lowest BCUT2D eigenvalue weighted by atomic mass is 9.83. The van der Waals surface area contributed by atoms with Gasteiger partial charge in [0.1, 0.15) is 11.6 Å². The van der Waals surface area contributed by atoms with Gasteiger partial charge in [0.15, 0.2) is 5.75 Å². The number of ether oxygens (including phenoxy) is 1. The molecular formula is C20H23F4N5O4S. The molecule has 2 aliphatic heterocycles. The number of anilines is 1. The Morgan fingerprint density at radius 2 is 2.06 bits per heavy atom. The normalized spacial score (nSPS) is 25.7. The Hall–Kier alpha value is -2.71. The Kier molecular flexibility index (Phi) is 6.10. The maximum atomic E-state index is 13.9. The van der Waals surface area contributed by atoms with Crippen LogP contribution >= 0.6 is 0 Å². The molecule has 2 saturated heterocycles. The fraction of sp³-hybridized carbons (Fsp3) is 0.500. The van der Waals surface area contributed by atoms with Gasteiger partial charge in [-0.2, -0.15) is 17.7 Å². The number of halogens is 4. The molecule has 0 amide bonds. The van der Waals surface area contributed by atoms with E-state index in [0.29, 0.717) is 19.4 Å². The predicted molar refractivity (Wildman–Crippen MR) is 113 cm³/mol. The molecule has 9 nitrogen and oxygen atoms in total. The molecular weight excluding hydrogens is 482 g/mol. The highest BCUT2D eigenvalue weighted by molar-refractivity contribution is 7.90. The minimum Gasteiger partial charge on any atom is -0.502 e. The number of likely N-dealkylation sites (tertiary alicyclic amines) is 1. The lowest BCUT2D eigenvalue weighted by Gasteiger charge is -2.46. The first kappa shape index (κ1) is 24.4. The Morgan fingerprint density at radius 1 is 1.32 bits per heavy atom. The molecule has 4 rings (SSSR count). The number of rotatable bonds is 4. The molecule has 1 aromatic heterocycles. The Labute approximate surface area is 193 Å². The molecule has 186 valence electrons. The molecule has 0 saturated carbocycles. The number of likely N-dealkylation sites (N-methyl/N-ethyl adjacent to an activating group) is 1. The third-order valence-corrected chi connectivity index (χ3v) is 8.10. The van der Waals surface area contributed by atoms with Gasteiger partial charge in [0, 0.05) is 26.2 Å². The fourth-order valence-corrected chi connectivity index (χ4v) is 6.48. The van der Waals surface area contributed by atoms with E-state index in [1.807, 2.05) is 11.8 Å². The minimum atomic E-state index is -5.02. The maximum absolute atomic E-state index is 13.9. The van der Waals surface area contributed by atoms with Gasteiger partial charge >= 0.3 is 16.6 Å². The van der Waals surface area contributed by atoms with Crippen LogP contribution in [0.25, 0.3) is 0 Å². The van der Waals surface area contributed by atoms with E-state index in [9.17, 15) is 31.1 Å². The van der Waals surface area contributed by atoms with E-state index >= 15 is 0 Å². The highest BCUT2D eigenvalue weighted by atomic mass is 32.2. The average Bonchev–Trinajstić information content (AvgIpc) is 2.90. The van der Waals surface area contributed by atoms with Crippen LogP contribution in [0.5, 0.6) is 11.6 Å². The van der Waals surface area contributed by atoms with Gasteiger partial charge in [0.2, 0.25) is 0 Å². The molecule has 1 aromatic carbocycles. The van der Waals surface area contributed by atoms with Crippen molar-refractivity contribution in [2.24, 2.45) is 0 Å². The van der Waals surface area contributed by atoms with E-state index in [-0.39, 0.29) is 30.6 Å². The van der Waals surface area contributed by atoms with E-state index in [0.717, 1.165) is 6.20 Å². The van der Waals surface area contributed by atoms with Crippen LogP contribution in [0.2, 0.25) is 0 Å². The Morgan fingerprint density at radius 3 is 2.71 bits per heavy atom. The third-order valence-electron chi connectivity index (χ3n) is 6.12. The van der Waals surface area contributed by atoms with Gasteiger partial charge in [-0.15, -0.1) is 13.2 Å². The van der Waals surface area contributed by atoms with Crippen molar-refractivity contribution in [3.05, 3.63) is 42.1 Å². The molecule has 2 fully saturated rings. The van der Waals surface area contributed by atoms with Gasteiger partial charge < -0.3 is 9.84 Å². The van der Waals surface area contributed by atoms with Crippen LogP contribution in [-0.2, 0) is 16.8 Å². The molecule has 1 N–H and O–H groups in total. The van der Waals surface area contributed by atoms with Crippen molar-refractivity contribution in [3.63, 3.8) is 0 Å². The molecule has 2 aliphatic rings. The predicted octanol–water partition coefficient (Wildman–Crippen LogP) is 2.64. The first-order valence-corrected chi connectivity index (χ1v) is 11.8.